The molecular formula is C10H11ClN4. The largest absolute Gasteiger partial charge is 0.352 e. The Hall–Kier alpha value is -1.55. The number of hydrogen-bond donors (Lipinski definition) is 1. The molecule has 2 heterocycles. The molecule has 0 bridgehead atoms. The third kappa shape index (κ3) is 2.47. The zero-order valence-electron chi connectivity index (χ0n) is 8.31. The van der Waals surface area contributed by atoms with Crippen molar-refractivity contribution in [1.29, 1.82) is 0 Å². The smallest absolute Gasteiger partial charge is 0.202 e. The van der Waals surface area contributed by atoms with E-state index in [0.29, 0.717) is 11.7 Å². The van der Waals surface area contributed by atoms with Gasteiger partial charge in [0.05, 0.1) is 0 Å². The van der Waals surface area contributed by atoms with Crippen LogP contribution in [0.3, 0.4) is 0 Å². The van der Waals surface area contributed by atoms with Crippen LogP contribution in [0.2, 0.25) is 5.15 Å². The van der Waals surface area contributed by atoms with Crippen molar-refractivity contribution in [2.24, 2.45) is 7.05 Å². The molecule has 0 aliphatic rings. The summed E-state index contributed by atoms with van der Waals surface area (Å²) in [5.74, 6) is 0.838. The van der Waals surface area contributed by atoms with Crippen molar-refractivity contribution in [3.63, 3.8) is 0 Å². The lowest BCUT2D eigenvalue weighted by Gasteiger charge is -2.05. The highest BCUT2D eigenvalue weighted by Crippen LogP contribution is 2.07. The van der Waals surface area contributed by atoms with Crippen molar-refractivity contribution >= 4 is 17.5 Å². The lowest BCUT2D eigenvalue weighted by molar-refractivity contribution is 0.899. The number of aromatic nitrogens is 3. The van der Waals surface area contributed by atoms with Crippen LogP contribution in [-0.4, -0.2) is 14.5 Å². The normalized spacial score (nSPS) is 10.3. The van der Waals surface area contributed by atoms with Gasteiger partial charge in [0.25, 0.3) is 0 Å². The Balaban J connectivity index is 1.99. The second-order valence-electron chi connectivity index (χ2n) is 3.20. The number of halogens is 1. The van der Waals surface area contributed by atoms with Crippen molar-refractivity contribution in [2.45, 2.75) is 6.54 Å². The van der Waals surface area contributed by atoms with E-state index in [-0.39, 0.29) is 0 Å². The van der Waals surface area contributed by atoms with E-state index in [2.05, 4.69) is 15.3 Å². The van der Waals surface area contributed by atoms with Crippen molar-refractivity contribution in [3.05, 3.63) is 41.4 Å². The fraction of sp³-hybridized carbons (Fsp3) is 0.200. The summed E-state index contributed by atoms with van der Waals surface area (Å²) >= 11 is 5.69. The summed E-state index contributed by atoms with van der Waals surface area (Å²) in [5, 5.41) is 3.71. The predicted octanol–water partition coefficient (Wildman–Crippen LogP) is 2.08. The Morgan fingerprint density at radius 2 is 2.27 bits per heavy atom. The standard InChI is InChI=1S/C10H11ClN4/c1-15-5-4-12-10(15)14-7-8-2-3-9(11)13-6-8/h2-6H,7H2,1H3,(H,12,14). The van der Waals surface area contributed by atoms with Gasteiger partial charge in [-0.25, -0.2) is 9.97 Å². The summed E-state index contributed by atoms with van der Waals surface area (Å²) in [6.45, 7) is 0.690. The van der Waals surface area contributed by atoms with E-state index in [1.54, 1.807) is 18.5 Å². The summed E-state index contributed by atoms with van der Waals surface area (Å²) in [6.07, 6.45) is 5.39. The molecule has 0 amide bonds. The molecule has 2 aromatic rings. The van der Waals surface area contributed by atoms with E-state index in [9.17, 15) is 0 Å². The third-order valence-electron chi connectivity index (χ3n) is 2.06. The number of aryl methyl sites for hydroxylation is 1. The molecule has 0 radical (unpaired) electrons. The molecule has 15 heavy (non-hydrogen) atoms. The van der Waals surface area contributed by atoms with Crippen molar-refractivity contribution in [1.82, 2.24) is 14.5 Å². The molecule has 0 saturated heterocycles. The molecule has 0 atom stereocenters. The third-order valence-corrected chi connectivity index (χ3v) is 2.28. The minimum atomic E-state index is 0.510. The summed E-state index contributed by atoms with van der Waals surface area (Å²) in [5.41, 5.74) is 1.07. The minimum Gasteiger partial charge on any atom is -0.352 e. The summed E-state index contributed by atoms with van der Waals surface area (Å²) in [7, 11) is 1.94. The maximum atomic E-state index is 5.69. The first-order valence-electron chi connectivity index (χ1n) is 4.57. The Morgan fingerprint density at radius 1 is 1.40 bits per heavy atom. The molecule has 2 aromatic heterocycles. The van der Waals surface area contributed by atoms with Gasteiger partial charge in [-0.05, 0) is 11.6 Å². The molecule has 0 unspecified atom stereocenters. The maximum absolute atomic E-state index is 5.69. The number of pyridine rings is 1. The number of hydrogen-bond acceptors (Lipinski definition) is 3. The van der Waals surface area contributed by atoms with E-state index in [0.717, 1.165) is 11.5 Å². The number of imidazole rings is 1. The van der Waals surface area contributed by atoms with Crippen LogP contribution in [0, 0.1) is 0 Å². The highest BCUT2D eigenvalue weighted by Gasteiger charge is 1.98. The van der Waals surface area contributed by atoms with E-state index >= 15 is 0 Å². The Labute approximate surface area is 92.9 Å². The zero-order chi connectivity index (χ0) is 10.7. The molecule has 78 valence electrons. The van der Waals surface area contributed by atoms with Crippen LogP contribution in [-0.2, 0) is 13.6 Å². The van der Waals surface area contributed by atoms with Gasteiger partial charge >= 0.3 is 0 Å². The molecule has 0 aromatic carbocycles. The van der Waals surface area contributed by atoms with Gasteiger partial charge in [-0.1, -0.05) is 17.7 Å². The van der Waals surface area contributed by atoms with Gasteiger partial charge in [-0.2, -0.15) is 0 Å². The van der Waals surface area contributed by atoms with E-state index in [4.69, 9.17) is 11.6 Å². The van der Waals surface area contributed by atoms with E-state index in [1.165, 1.54) is 0 Å². The van der Waals surface area contributed by atoms with E-state index in [1.807, 2.05) is 23.9 Å². The van der Waals surface area contributed by atoms with Crippen molar-refractivity contribution < 1.29 is 0 Å². The molecule has 4 nitrogen and oxygen atoms in total. The van der Waals surface area contributed by atoms with Gasteiger partial charge in [0.1, 0.15) is 5.15 Å². The number of anilines is 1. The first kappa shape index (κ1) is 9.98. The van der Waals surface area contributed by atoms with Gasteiger partial charge in [0.15, 0.2) is 0 Å². The molecule has 0 spiro atoms. The van der Waals surface area contributed by atoms with Crippen molar-refractivity contribution in [3.8, 4) is 0 Å². The first-order chi connectivity index (χ1) is 7.25. The molecule has 0 aliphatic heterocycles. The zero-order valence-corrected chi connectivity index (χ0v) is 9.07. The van der Waals surface area contributed by atoms with Crippen LogP contribution in [0.1, 0.15) is 5.56 Å². The Morgan fingerprint density at radius 3 is 2.87 bits per heavy atom. The van der Waals surface area contributed by atoms with Gasteiger partial charge in [-0.15, -0.1) is 0 Å². The van der Waals surface area contributed by atoms with Gasteiger partial charge < -0.3 is 9.88 Å². The number of nitrogens with one attached hydrogen (secondary N) is 1. The minimum absolute atomic E-state index is 0.510. The SMILES string of the molecule is Cn1ccnc1NCc1ccc(Cl)nc1. The average molecular weight is 223 g/mol. The lowest BCUT2D eigenvalue weighted by Crippen LogP contribution is -2.04. The lowest BCUT2D eigenvalue weighted by atomic mass is 10.3. The molecule has 0 fully saturated rings. The van der Waals surface area contributed by atoms with Gasteiger partial charge in [0.2, 0.25) is 5.95 Å². The van der Waals surface area contributed by atoms with Crippen LogP contribution in [0.4, 0.5) is 5.95 Å². The molecule has 5 heteroatoms. The molecule has 2 rings (SSSR count). The van der Waals surface area contributed by atoms with Crippen LogP contribution in [0.5, 0.6) is 0 Å². The summed E-state index contributed by atoms with van der Waals surface area (Å²) in [6, 6.07) is 3.71. The fourth-order valence-electron chi connectivity index (χ4n) is 1.23. The fourth-order valence-corrected chi connectivity index (χ4v) is 1.34. The predicted molar refractivity (Wildman–Crippen MR) is 59.8 cm³/mol. The van der Waals surface area contributed by atoms with Gasteiger partial charge in [0, 0.05) is 32.2 Å². The number of nitrogens with zero attached hydrogens (tertiary/aromatic N) is 3. The molecule has 1 N–H and O–H groups in total. The topological polar surface area (TPSA) is 42.7 Å². The second-order valence-corrected chi connectivity index (χ2v) is 3.59. The van der Waals surface area contributed by atoms with Crippen LogP contribution < -0.4 is 5.32 Å². The quantitative estimate of drug-likeness (QED) is 0.809. The van der Waals surface area contributed by atoms with E-state index < -0.39 is 0 Å². The first-order valence-corrected chi connectivity index (χ1v) is 4.95. The Bertz CT molecular complexity index is 435. The maximum Gasteiger partial charge on any atom is 0.202 e. The Kier molecular flexibility index (Phi) is 2.87. The van der Waals surface area contributed by atoms with Gasteiger partial charge in [-0.3, -0.25) is 0 Å². The molecule has 0 saturated carbocycles. The van der Waals surface area contributed by atoms with Crippen LogP contribution >= 0.6 is 11.6 Å². The average Bonchev–Trinajstić information content (AvgIpc) is 2.63. The number of rotatable bonds is 3. The van der Waals surface area contributed by atoms with Crippen LogP contribution in [0.25, 0.3) is 0 Å². The summed E-state index contributed by atoms with van der Waals surface area (Å²) < 4.78 is 1.92. The second kappa shape index (κ2) is 4.31. The summed E-state index contributed by atoms with van der Waals surface area (Å²) in [4.78, 5) is 8.15. The highest BCUT2D eigenvalue weighted by atomic mass is 35.5. The monoisotopic (exact) mass is 222 g/mol. The molecular weight excluding hydrogens is 212 g/mol. The molecule has 0 aliphatic carbocycles. The van der Waals surface area contributed by atoms with Crippen molar-refractivity contribution in [2.75, 3.05) is 5.32 Å². The highest BCUT2D eigenvalue weighted by molar-refractivity contribution is 6.29. The van der Waals surface area contributed by atoms with Crippen LogP contribution in [0.15, 0.2) is 30.7 Å².